The van der Waals surface area contributed by atoms with E-state index in [1.165, 1.54) is 44.9 Å². The molecular formula is C17H34N2. The van der Waals surface area contributed by atoms with Gasteiger partial charge in [-0.05, 0) is 50.5 Å². The topological polar surface area (TPSA) is 29.3 Å². The van der Waals surface area contributed by atoms with Gasteiger partial charge in [0.1, 0.15) is 0 Å². The lowest BCUT2D eigenvalue weighted by Gasteiger charge is -2.54. The Labute approximate surface area is 120 Å². The molecule has 0 heterocycles. The van der Waals surface area contributed by atoms with Crippen LogP contribution in [-0.2, 0) is 0 Å². The zero-order valence-corrected chi connectivity index (χ0v) is 13.5. The molecule has 2 aliphatic rings. The second-order valence-corrected chi connectivity index (χ2v) is 7.63. The molecule has 2 nitrogen and oxygen atoms in total. The quantitative estimate of drug-likeness (QED) is 0.845. The van der Waals surface area contributed by atoms with Crippen molar-refractivity contribution < 1.29 is 0 Å². The maximum Gasteiger partial charge on any atom is 0.0359 e. The molecule has 0 saturated heterocycles. The lowest BCUT2D eigenvalue weighted by Crippen LogP contribution is -2.62. The lowest BCUT2D eigenvalue weighted by molar-refractivity contribution is -0.0277. The highest BCUT2D eigenvalue weighted by atomic mass is 15.2. The summed E-state index contributed by atoms with van der Waals surface area (Å²) in [6.07, 6.45) is 9.62. The van der Waals surface area contributed by atoms with Crippen LogP contribution in [0.1, 0.15) is 65.7 Å². The third-order valence-corrected chi connectivity index (χ3v) is 6.22. The van der Waals surface area contributed by atoms with Gasteiger partial charge in [-0.25, -0.2) is 0 Å². The Morgan fingerprint density at radius 3 is 2.42 bits per heavy atom. The Bertz CT molecular complexity index is 291. The monoisotopic (exact) mass is 266 g/mol. The summed E-state index contributed by atoms with van der Waals surface area (Å²) in [6, 6.07) is 0.764. The summed E-state index contributed by atoms with van der Waals surface area (Å²) in [5.41, 5.74) is 6.55. The highest BCUT2D eigenvalue weighted by molar-refractivity contribution is 5.01. The van der Waals surface area contributed by atoms with Crippen LogP contribution in [0.4, 0.5) is 0 Å². The standard InChI is InChI=1S/C17H34N2/c1-13-6-5-7-16(10-13)19(4)17(12-18)11-14(2)8-9-15(17)3/h13-16H,5-12,18H2,1-4H3. The van der Waals surface area contributed by atoms with Crippen molar-refractivity contribution in [2.45, 2.75) is 77.3 Å². The largest absolute Gasteiger partial charge is 0.329 e. The first-order chi connectivity index (χ1) is 8.99. The first-order valence-electron chi connectivity index (χ1n) is 8.42. The minimum absolute atomic E-state index is 0.263. The number of likely N-dealkylation sites (N-methyl/N-ethyl adjacent to an activating group) is 1. The fraction of sp³-hybridized carbons (Fsp3) is 1.00. The summed E-state index contributed by atoms with van der Waals surface area (Å²) < 4.78 is 0. The van der Waals surface area contributed by atoms with Crippen LogP contribution >= 0.6 is 0 Å². The van der Waals surface area contributed by atoms with Gasteiger partial charge in [-0.1, -0.05) is 40.0 Å². The zero-order valence-electron chi connectivity index (χ0n) is 13.5. The van der Waals surface area contributed by atoms with Gasteiger partial charge in [0.2, 0.25) is 0 Å². The number of nitrogens with zero attached hydrogens (tertiary/aromatic N) is 1. The number of nitrogens with two attached hydrogens (primary N) is 1. The van der Waals surface area contributed by atoms with Crippen LogP contribution < -0.4 is 5.73 Å². The molecule has 2 N–H and O–H groups in total. The summed E-state index contributed by atoms with van der Waals surface area (Å²) >= 11 is 0. The Morgan fingerprint density at radius 1 is 1.05 bits per heavy atom. The van der Waals surface area contributed by atoms with E-state index in [1.807, 2.05) is 0 Å². The minimum atomic E-state index is 0.263. The van der Waals surface area contributed by atoms with Crippen molar-refractivity contribution >= 4 is 0 Å². The second-order valence-electron chi connectivity index (χ2n) is 7.63. The van der Waals surface area contributed by atoms with Gasteiger partial charge in [-0.15, -0.1) is 0 Å². The van der Waals surface area contributed by atoms with Crippen molar-refractivity contribution in [2.24, 2.45) is 23.5 Å². The molecule has 2 aliphatic carbocycles. The van der Waals surface area contributed by atoms with Crippen molar-refractivity contribution in [3.8, 4) is 0 Å². The van der Waals surface area contributed by atoms with Crippen LogP contribution in [0, 0.1) is 17.8 Å². The Hall–Kier alpha value is -0.0800. The van der Waals surface area contributed by atoms with E-state index in [4.69, 9.17) is 5.73 Å². The summed E-state index contributed by atoms with van der Waals surface area (Å²) in [4.78, 5) is 2.71. The van der Waals surface area contributed by atoms with Crippen LogP contribution in [0.25, 0.3) is 0 Å². The van der Waals surface area contributed by atoms with Crippen molar-refractivity contribution in [3.63, 3.8) is 0 Å². The summed E-state index contributed by atoms with van der Waals surface area (Å²) in [5.74, 6) is 2.48. The molecule has 0 radical (unpaired) electrons. The smallest absolute Gasteiger partial charge is 0.0359 e. The maximum atomic E-state index is 6.29. The van der Waals surface area contributed by atoms with Crippen molar-refractivity contribution in [2.75, 3.05) is 13.6 Å². The molecule has 2 rings (SSSR count). The molecule has 0 aromatic rings. The van der Waals surface area contributed by atoms with Gasteiger partial charge in [0.05, 0.1) is 0 Å². The summed E-state index contributed by atoms with van der Waals surface area (Å²) in [7, 11) is 2.37. The zero-order chi connectivity index (χ0) is 14.0. The predicted octanol–water partition coefficient (Wildman–Crippen LogP) is 3.65. The van der Waals surface area contributed by atoms with E-state index in [1.54, 1.807) is 0 Å². The van der Waals surface area contributed by atoms with Crippen molar-refractivity contribution in [1.82, 2.24) is 4.90 Å². The van der Waals surface area contributed by atoms with Crippen LogP contribution in [0.3, 0.4) is 0 Å². The summed E-state index contributed by atoms with van der Waals surface area (Å²) in [5, 5.41) is 0. The molecule has 2 fully saturated rings. The van der Waals surface area contributed by atoms with E-state index >= 15 is 0 Å². The molecule has 2 heteroatoms. The Kier molecular flexibility index (Phi) is 4.94. The third kappa shape index (κ3) is 3.00. The van der Waals surface area contributed by atoms with Gasteiger partial charge in [0.25, 0.3) is 0 Å². The molecule has 19 heavy (non-hydrogen) atoms. The van der Waals surface area contributed by atoms with Crippen molar-refractivity contribution in [3.05, 3.63) is 0 Å². The van der Waals surface area contributed by atoms with Gasteiger partial charge in [-0.3, -0.25) is 4.90 Å². The Morgan fingerprint density at radius 2 is 1.79 bits per heavy atom. The molecule has 5 atom stereocenters. The van der Waals surface area contributed by atoms with Gasteiger partial charge in [0.15, 0.2) is 0 Å². The highest BCUT2D eigenvalue weighted by Gasteiger charge is 2.45. The molecule has 0 aromatic heterocycles. The molecule has 0 aliphatic heterocycles. The van der Waals surface area contributed by atoms with E-state index in [9.17, 15) is 0 Å². The van der Waals surface area contributed by atoms with E-state index in [0.29, 0.717) is 0 Å². The normalized spacial score (nSPS) is 44.5. The van der Waals surface area contributed by atoms with E-state index in [2.05, 4.69) is 32.7 Å². The van der Waals surface area contributed by atoms with Gasteiger partial charge in [0, 0.05) is 18.1 Å². The third-order valence-electron chi connectivity index (χ3n) is 6.22. The SMILES string of the molecule is CC1CCCC(N(C)C2(CN)CC(C)CCC2C)C1. The van der Waals surface area contributed by atoms with Crippen LogP contribution in [0.15, 0.2) is 0 Å². The molecule has 0 aromatic carbocycles. The number of hydrogen-bond donors (Lipinski definition) is 1. The average Bonchev–Trinajstić information content (AvgIpc) is 2.41. The average molecular weight is 266 g/mol. The van der Waals surface area contributed by atoms with Crippen LogP contribution in [0.2, 0.25) is 0 Å². The highest BCUT2D eigenvalue weighted by Crippen LogP contribution is 2.42. The van der Waals surface area contributed by atoms with Gasteiger partial charge >= 0.3 is 0 Å². The minimum Gasteiger partial charge on any atom is -0.329 e. The summed E-state index contributed by atoms with van der Waals surface area (Å²) in [6.45, 7) is 8.09. The van der Waals surface area contributed by atoms with E-state index in [0.717, 1.165) is 30.3 Å². The van der Waals surface area contributed by atoms with E-state index in [-0.39, 0.29) is 5.54 Å². The second kappa shape index (κ2) is 6.13. The number of hydrogen-bond acceptors (Lipinski definition) is 2. The molecule has 0 spiro atoms. The molecule has 2 saturated carbocycles. The Balaban J connectivity index is 2.14. The fourth-order valence-electron chi connectivity index (χ4n) is 4.75. The van der Waals surface area contributed by atoms with Gasteiger partial charge < -0.3 is 5.73 Å². The van der Waals surface area contributed by atoms with Crippen LogP contribution in [0.5, 0.6) is 0 Å². The predicted molar refractivity (Wildman–Crippen MR) is 83.1 cm³/mol. The molecule has 5 unspecified atom stereocenters. The van der Waals surface area contributed by atoms with Crippen LogP contribution in [-0.4, -0.2) is 30.1 Å². The lowest BCUT2D eigenvalue weighted by atomic mass is 9.67. The first kappa shape index (κ1) is 15.3. The van der Waals surface area contributed by atoms with E-state index < -0.39 is 0 Å². The molecule has 0 bridgehead atoms. The molecule has 0 amide bonds. The van der Waals surface area contributed by atoms with Gasteiger partial charge in [-0.2, -0.15) is 0 Å². The maximum absolute atomic E-state index is 6.29. The van der Waals surface area contributed by atoms with Crippen molar-refractivity contribution in [1.29, 1.82) is 0 Å². The molecular weight excluding hydrogens is 232 g/mol. The fourth-order valence-corrected chi connectivity index (χ4v) is 4.75. The number of rotatable bonds is 3. The molecule has 112 valence electrons. The first-order valence-corrected chi connectivity index (χ1v) is 8.42.